The largest absolute Gasteiger partial charge is 0.508 e. The zero-order valence-corrected chi connectivity index (χ0v) is 11.2. The van der Waals surface area contributed by atoms with Crippen molar-refractivity contribution in [3.8, 4) is 5.75 Å². The number of hydrogen-bond acceptors (Lipinski definition) is 4. The highest BCUT2D eigenvalue weighted by Crippen LogP contribution is 2.17. The first-order valence-electron chi connectivity index (χ1n) is 6.30. The summed E-state index contributed by atoms with van der Waals surface area (Å²) in [6.07, 6.45) is -5.08. The SMILES string of the molecule is O=C(O)C(F)(F)F.Oc1ccccc1CN1CCNCC1. The molecule has 0 aliphatic carbocycles. The van der Waals surface area contributed by atoms with Crippen molar-refractivity contribution in [3.63, 3.8) is 0 Å². The lowest BCUT2D eigenvalue weighted by Gasteiger charge is -2.27. The maximum atomic E-state index is 10.6. The highest BCUT2D eigenvalue weighted by Gasteiger charge is 2.38. The Bertz CT molecular complexity index is 460. The minimum atomic E-state index is -5.08. The lowest BCUT2D eigenvalue weighted by molar-refractivity contribution is -0.192. The van der Waals surface area contributed by atoms with Gasteiger partial charge in [0.15, 0.2) is 0 Å². The molecule has 1 aliphatic rings. The summed E-state index contributed by atoms with van der Waals surface area (Å²) in [5.74, 6) is -2.35. The van der Waals surface area contributed by atoms with E-state index in [0.29, 0.717) is 5.75 Å². The third-order valence-corrected chi connectivity index (χ3v) is 2.84. The van der Waals surface area contributed by atoms with Crippen LogP contribution in [0.15, 0.2) is 24.3 Å². The van der Waals surface area contributed by atoms with Crippen molar-refractivity contribution >= 4 is 5.97 Å². The number of halogens is 3. The van der Waals surface area contributed by atoms with Crippen LogP contribution < -0.4 is 5.32 Å². The smallest absolute Gasteiger partial charge is 0.490 e. The third-order valence-electron chi connectivity index (χ3n) is 2.84. The number of alkyl halides is 3. The molecular formula is C13H17F3N2O3. The highest BCUT2D eigenvalue weighted by atomic mass is 19.4. The second-order valence-corrected chi connectivity index (χ2v) is 4.46. The van der Waals surface area contributed by atoms with Crippen LogP contribution in [-0.4, -0.2) is 53.4 Å². The minimum Gasteiger partial charge on any atom is -0.508 e. The molecule has 0 amide bonds. The first-order valence-corrected chi connectivity index (χ1v) is 6.30. The molecule has 0 atom stereocenters. The van der Waals surface area contributed by atoms with Crippen LogP contribution in [0.25, 0.3) is 0 Å². The topological polar surface area (TPSA) is 72.8 Å². The number of rotatable bonds is 2. The number of para-hydroxylation sites is 1. The van der Waals surface area contributed by atoms with Crippen molar-refractivity contribution in [1.29, 1.82) is 0 Å². The van der Waals surface area contributed by atoms with E-state index in [-0.39, 0.29) is 0 Å². The van der Waals surface area contributed by atoms with Crippen LogP contribution in [-0.2, 0) is 11.3 Å². The van der Waals surface area contributed by atoms with E-state index in [1.807, 2.05) is 18.2 Å². The van der Waals surface area contributed by atoms with E-state index in [0.717, 1.165) is 38.3 Å². The zero-order valence-electron chi connectivity index (χ0n) is 11.2. The van der Waals surface area contributed by atoms with Gasteiger partial charge in [-0.2, -0.15) is 13.2 Å². The summed E-state index contributed by atoms with van der Waals surface area (Å²) in [4.78, 5) is 11.2. The monoisotopic (exact) mass is 306 g/mol. The predicted molar refractivity (Wildman–Crippen MR) is 69.9 cm³/mol. The van der Waals surface area contributed by atoms with Gasteiger partial charge in [0.1, 0.15) is 5.75 Å². The van der Waals surface area contributed by atoms with Crippen molar-refractivity contribution < 1.29 is 28.2 Å². The molecule has 8 heteroatoms. The molecule has 0 spiro atoms. The van der Waals surface area contributed by atoms with Crippen LogP contribution in [0.5, 0.6) is 5.75 Å². The van der Waals surface area contributed by atoms with Crippen molar-refractivity contribution in [2.24, 2.45) is 0 Å². The molecule has 118 valence electrons. The molecule has 3 N–H and O–H groups in total. The normalized spacial score (nSPS) is 16.0. The van der Waals surface area contributed by atoms with E-state index in [9.17, 15) is 18.3 Å². The Morgan fingerprint density at radius 2 is 1.76 bits per heavy atom. The molecule has 0 unspecified atom stereocenters. The number of nitrogens with one attached hydrogen (secondary N) is 1. The van der Waals surface area contributed by atoms with Gasteiger partial charge in [-0.3, -0.25) is 4.90 Å². The minimum absolute atomic E-state index is 0.408. The Kier molecular flexibility index (Phi) is 6.44. The lowest BCUT2D eigenvalue weighted by atomic mass is 10.2. The van der Waals surface area contributed by atoms with Crippen molar-refractivity contribution in [3.05, 3.63) is 29.8 Å². The van der Waals surface area contributed by atoms with Gasteiger partial charge >= 0.3 is 12.1 Å². The number of nitrogens with zero attached hydrogens (tertiary/aromatic N) is 1. The number of carboxylic acid groups (broad SMARTS) is 1. The van der Waals surface area contributed by atoms with Crippen molar-refractivity contribution in [1.82, 2.24) is 10.2 Å². The van der Waals surface area contributed by atoms with E-state index in [4.69, 9.17) is 9.90 Å². The summed E-state index contributed by atoms with van der Waals surface area (Å²) in [6, 6.07) is 7.56. The fourth-order valence-electron chi connectivity index (χ4n) is 1.75. The Morgan fingerprint density at radius 3 is 2.24 bits per heavy atom. The summed E-state index contributed by atoms with van der Waals surface area (Å²) >= 11 is 0. The standard InChI is InChI=1S/C11H16N2O.C2HF3O2/c14-11-4-2-1-3-10(11)9-13-7-5-12-6-8-13;3-2(4,5)1(6)7/h1-4,12,14H,5-9H2;(H,6,7). The fourth-order valence-corrected chi connectivity index (χ4v) is 1.75. The summed E-state index contributed by atoms with van der Waals surface area (Å²) in [6.45, 7) is 5.08. The third kappa shape index (κ3) is 6.46. The maximum absolute atomic E-state index is 10.6. The highest BCUT2D eigenvalue weighted by molar-refractivity contribution is 5.73. The van der Waals surface area contributed by atoms with Gasteiger partial charge in [0.05, 0.1) is 0 Å². The number of piperazine rings is 1. The van der Waals surface area contributed by atoms with Gasteiger partial charge in [0.25, 0.3) is 0 Å². The number of phenolic OH excluding ortho intramolecular Hbond substituents is 1. The van der Waals surface area contributed by atoms with E-state index in [2.05, 4.69) is 10.2 Å². The van der Waals surface area contributed by atoms with Gasteiger partial charge in [0, 0.05) is 38.3 Å². The van der Waals surface area contributed by atoms with Crippen LogP contribution in [0.2, 0.25) is 0 Å². The molecule has 1 aliphatic heterocycles. The van der Waals surface area contributed by atoms with Gasteiger partial charge in [0.2, 0.25) is 0 Å². The molecule has 1 heterocycles. The first-order chi connectivity index (χ1) is 9.80. The maximum Gasteiger partial charge on any atom is 0.490 e. The molecule has 5 nitrogen and oxygen atoms in total. The van der Waals surface area contributed by atoms with Gasteiger partial charge in [-0.15, -0.1) is 0 Å². The summed E-state index contributed by atoms with van der Waals surface area (Å²) < 4.78 is 31.7. The molecule has 1 fully saturated rings. The molecule has 0 radical (unpaired) electrons. The Morgan fingerprint density at radius 1 is 1.24 bits per heavy atom. The van der Waals surface area contributed by atoms with E-state index < -0.39 is 12.1 Å². The first kappa shape index (κ1) is 17.3. The molecule has 0 saturated carbocycles. The molecule has 1 aromatic rings. The van der Waals surface area contributed by atoms with Gasteiger partial charge in [-0.25, -0.2) is 4.79 Å². The molecule has 1 saturated heterocycles. The predicted octanol–water partition coefficient (Wildman–Crippen LogP) is 1.43. The average molecular weight is 306 g/mol. The van der Waals surface area contributed by atoms with Crippen molar-refractivity contribution in [2.45, 2.75) is 12.7 Å². The lowest BCUT2D eigenvalue weighted by Crippen LogP contribution is -2.42. The van der Waals surface area contributed by atoms with Crippen molar-refractivity contribution in [2.75, 3.05) is 26.2 Å². The summed E-state index contributed by atoms with van der Waals surface area (Å²) in [7, 11) is 0. The number of benzene rings is 1. The Hall–Kier alpha value is -1.80. The molecule has 0 bridgehead atoms. The molecule has 0 aromatic heterocycles. The number of phenols is 1. The number of carboxylic acids is 1. The number of aromatic hydroxyl groups is 1. The molecule has 21 heavy (non-hydrogen) atoms. The van der Waals surface area contributed by atoms with E-state index >= 15 is 0 Å². The van der Waals surface area contributed by atoms with E-state index in [1.54, 1.807) is 6.07 Å². The van der Waals surface area contributed by atoms with Crippen LogP contribution in [0.1, 0.15) is 5.56 Å². The summed E-state index contributed by atoms with van der Waals surface area (Å²) in [5, 5.41) is 20.0. The van der Waals surface area contributed by atoms with Gasteiger partial charge in [-0.1, -0.05) is 18.2 Å². The summed E-state index contributed by atoms with van der Waals surface area (Å²) in [5.41, 5.74) is 1.02. The quantitative estimate of drug-likeness (QED) is 0.771. The molecule has 1 aromatic carbocycles. The molecule has 2 rings (SSSR count). The number of carbonyl (C=O) groups is 1. The Labute approximate surface area is 120 Å². The number of aliphatic carboxylic acids is 1. The van der Waals surface area contributed by atoms with Crippen LogP contribution in [0.4, 0.5) is 13.2 Å². The molecular weight excluding hydrogens is 289 g/mol. The second-order valence-electron chi connectivity index (χ2n) is 4.46. The van der Waals surface area contributed by atoms with Gasteiger partial charge in [-0.05, 0) is 6.07 Å². The zero-order chi connectivity index (χ0) is 15.9. The Balaban J connectivity index is 0.000000270. The van der Waals surface area contributed by atoms with Crippen LogP contribution in [0.3, 0.4) is 0 Å². The van der Waals surface area contributed by atoms with Crippen LogP contribution in [0, 0.1) is 0 Å². The van der Waals surface area contributed by atoms with Gasteiger partial charge < -0.3 is 15.5 Å². The van der Waals surface area contributed by atoms with Crippen LogP contribution >= 0.6 is 0 Å². The second kappa shape index (κ2) is 7.84. The number of hydrogen-bond donors (Lipinski definition) is 3. The average Bonchev–Trinajstić information content (AvgIpc) is 2.42. The van der Waals surface area contributed by atoms with E-state index in [1.165, 1.54) is 0 Å². The fraction of sp³-hybridized carbons (Fsp3) is 0.462.